The molecule has 0 atom stereocenters. The van der Waals surface area contributed by atoms with Gasteiger partial charge in [0, 0.05) is 16.8 Å². The van der Waals surface area contributed by atoms with Gasteiger partial charge in [-0.25, -0.2) is 4.98 Å². The lowest BCUT2D eigenvalue weighted by Gasteiger charge is -2.13. The first-order chi connectivity index (χ1) is 14.7. The number of rotatable bonds is 6. The molecule has 0 bridgehead atoms. The molecular formula is C23H21N3O2S2. The lowest BCUT2D eigenvalue weighted by atomic mass is 10.2. The molecule has 7 heteroatoms. The third-order valence-electron chi connectivity index (χ3n) is 5.19. The molecule has 1 aromatic carbocycles. The van der Waals surface area contributed by atoms with E-state index in [0.717, 1.165) is 46.6 Å². The Hall–Kier alpha value is -2.64. The maximum absolute atomic E-state index is 13.7. The van der Waals surface area contributed by atoms with Crippen molar-refractivity contribution in [2.75, 3.05) is 6.61 Å². The van der Waals surface area contributed by atoms with Crippen molar-refractivity contribution in [1.29, 1.82) is 0 Å². The van der Waals surface area contributed by atoms with E-state index in [2.05, 4.69) is 4.98 Å². The van der Waals surface area contributed by atoms with Crippen molar-refractivity contribution >= 4 is 33.3 Å². The maximum atomic E-state index is 13.7. The minimum atomic E-state index is 0.0204. The van der Waals surface area contributed by atoms with Gasteiger partial charge in [0.25, 0.3) is 5.56 Å². The van der Waals surface area contributed by atoms with Crippen molar-refractivity contribution < 1.29 is 4.74 Å². The summed E-state index contributed by atoms with van der Waals surface area (Å²) in [5.74, 6) is 1.45. The quantitative estimate of drug-likeness (QED) is 0.314. The molecule has 5 rings (SSSR count). The first-order valence-electron chi connectivity index (χ1n) is 10.1. The molecule has 0 aliphatic heterocycles. The number of aryl methyl sites for hydroxylation is 2. The summed E-state index contributed by atoms with van der Waals surface area (Å²) in [5, 5.41) is 1.49. The van der Waals surface area contributed by atoms with E-state index in [0.29, 0.717) is 17.5 Å². The van der Waals surface area contributed by atoms with E-state index < -0.39 is 0 Å². The third kappa shape index (κ3) is 3.52. The predicted molar refractivity (Wildman–Crippen MR) is 122 cm³/mol. The van der Waals surface area contributed by atoms with Crippen molar-refractivity contribution in [2.45, 2.75) is 37.1 Å². The number of nitrogens with zero attached hydrogens (tertiary/aromatic N) is 3. The number of benzene rings is 1. The van der Waals surface area contributed by atoms with E-state index in [4.69, 9.17) is 9.72 Å². The molecule has 0 fully saturated rings. The van der Waals surface area contributed by atoms with Gasteiger partial charge in [0.05, 0.1) is 23.4 Å². The first kappa shape index (κ1) is 19.3. The van der Waals surface area contributed by atoms with Crippen LogP contribution in [0.1, 0.15) is 29.5 Å². The Labute approximate surface area is 182 Å². The molecule has 30 heavy (non-hydrogen) atoms. The van der Waals surface area contributed by atoms with Crippen LogP contribution in [0.4, 0.5) is 0 Å². The average Bonchev–Trinajstić information content (AvgIpc) is 3.35. The van der Waals surface area contributed by atoms with Crippen LogP contribution in [-0.2, 0) is 18.6 Å². The number of thiophene rings is 1. The van der Waals surface area contributed by atoms with Gasteiger partial charge in [-0.3, -0.25) is 14.3 Å². The largest absolute Gasteiger partial charge is 0.494 e. The van der Waals surface area contributed by atoms with Gasteiger partial charge in [-0.2, -0.15) is 0 Å². The fourth-order valence-corrected chi connectivity index (χ4v) is 6.06. The lowest BCUT2D eigenvalue weighted by Crippen LogP contribution is -2.21. The van der Waals surface area contributed by atoms with E-state index in [1.165, 1.54) is 10.4 Å². The summed E-state index contributed by atoms with van der Waals surface area (Å²) < 4.78 is 7.31. The standard InChI is InChI=1S/C23H21N3O2S2/c1-2-28-17-11-9-16(10-12-17)26-22(27)20-18-7-5-8-19(18)30-21(20)25-23(26)29-14-15-6-3-4-13-24-15/h3-4,6,9-13H,2,5,7-8,14H2,1H3. The summed E-state index contributed by atoms with van der Waals surface area (Å²) in [7, 11) is 0. The van der Waals surface area contributed by atoms with Crippen LogP contribution < -0.4 is 10.3 Å². The van der Waals surface area contributed by atoms with E-state index >= 15 is 0 Å². The van der Waals surface area contributed by atoms with Crippen LogP contribution in [0.3, 0.4) is 0 Å². The molecule has 0 unspecified atom stereocenters. The Kier molecular flexibility index (Phi) is 5.31. The summed E-state index contributed by atoms with van der Waals surface area (Å²) in [6.45, 7) is 2.57. The van der Waals surface area contributed by atoms with Crippen molar-refractivity contribution in [3.63, 3.8) is 0 Å². The number of thioether (sulfide) groups is 1. The molecule has 1 aliphatic carbocycles. The van der Waals surface area contributed by atoms with Crippen molar-refractivity contribution in [3.05, 3.63) is 75.1 Å². The Morgan fingerprint density at radius 2 is 2.03 bits per heavy atom. The predicted octanol–water partition coefficient (Wildman–Crippen LogP) is 5.02. The minimum Gasteiger partial charge on any atom is -0.494 e. The molecule has 3 heterocycles. The second kappa shape index (κ2) is 8.24. The molecule has 0 spiro atoms. The zero-order valence-electron chi connectivity index (χ0n) is 16.6. The summed E-state index contributed by atoms with van der Waals surface area (Å²) in [6, 6.07) is 13.5. The van der Waals surface area contributed by atoms with Gasteiger partial charge in [0.1, 0.15) is 10.6 Å². The molecule has 0 N–H and O–H groups in total. The Balaban J connectivity index is 1.63. The van der Waals surface area contributed by atoms with Gasteiger partial charge >= 0.3 is 0 Å². The number of aromatic nitrogens is 3. The van der Waals surface area contributed by atoms with E-state index in [1.807, 2.05) is 49.4 Å². The SMILES string of the molecule is CCOc1ccc(-n2c(SCc3ccccn3)nc3sc4c(c3c2=O)CCC4)cc1. The second-order valence-electron chi connectivity index (χ2n) is 7.11. The highest BCUT2D eigenvalue weighted by atomic mass is 32.2. The summed E-state index contributed by atoms with van der Waals surface area (Å²) in [4.78, 5) is 25.2. The molecule has 0 radical (unpaired) electrons. The fourth-order valence-electron chi connectivity index (χ4n) is 3.83. The summed E-state index contributed by atoms with van der Waals surface area (Å²) in [5.41, 5.74) is 2.99. The van der Waals surface area contributed by atoms with E-state index in [-0.39, 0.29) is 5.56 Å². The van der Waals surface area contributed by atoms with Gasteiger partial charge in [-0.1, -0.05) is 17.8 Å². The van der Waals surface area contributed by atoms with Crippen LogP contribution >= 0.6 is 23.1 Å². The third-order valence-corrected chi connectivity index (χ3v) is 7.35. The highest BCUT2D eigenvalue weighted by molar-refractivity contribution is 7.98. The van der Waals surface area contributed by atoms with Gasteiger partial charge in [-0.05, 0) is 68.1 Å². The zero-order valence-corrected chi connectivity index (χ0v) is 18.3. The average molecular weight is 436 g/mol. The molecule has 0 saturated heterocycles. The molecular weight excluding hydrogens is 414 g/mol. The van der Waals surface area contributed by atoms with Crippen LogP contribution in [-0.4, -0.2) is 21.1 Å². The maximum Gasteiger partial charge on any atom is 0.267 e. The molecule has 152 valence electrons. The van der Waals surface area contributed by atoms with Crippen LogP contribution in [0.5, 0.6) is 5.75 Å². The Morgan fingerprint density at radius 1 is 1.17 bits per heavy atom. The molecule has 0 saturated carbocycles. The first-order valence-corrected chi connectivity index (χ1v) is 11.9. The van der Waals surface area contributed by atoms with Crippen LogP contribution in [0, 0.1) is 0 Å². The second-order valence-corrected chi connectivity index (χ2v) is 9.14. The van der Waals surface area contributed by atoms with Crippen molar-refractivity contribution in [3.8, 4) is 11.4 Å². The smallest absolute Gasteiger partial charge is 0.267 e. The molecule has 5 nitrogen and oxygen atoms in total. The highest BCUT2D eigenvalue weighted by Crippen LogP contribution is 2.36. The number of ether oxygens (including phenoxy) is 1. The number of pyridine rings is 1. The van der Waals surface area contributed by atoms with Crippen LogP contribution in [0.25, 0.3) is 15.9 Å². The summed E-state index contributed by atoms with van der Waals surface area (Å²) in [6.07, 6.45) is 4.93. The van der Waals surface area contributed by atoms with Gasteiger partial charge in [0.15, 0.2) is 5.16 Å². The molecule has 0 amide bonds. The highest BCUT2D eigenvalue weighted by Gasteiger charge is 2.24. The normalized spacial score (nSPS) is 13.0. The monoisotopic (exact) mass is 435 g/mol. The summed E-state index contributed by atoms with van der Waals surface area (Å²) >= 11 is 3.22. The van der Waals surface area contributed by atoms with Crippen LogP contribution in [0.15, 0.2) is 58.6 Å². The van der Waals surface area contributed by atoms with Gasteiger partial charge in [-0.15, -0.1) is 11.3 Å². The Morgan fingerprint density at radius 3 is 2.80 bits per heavy atom. The molecule has 1 aliphatic rings. The lowest BCUT2D eigenvalue weighted by molar-refractivity contribution is 0.340. The topological polar surface area (TPSA) is 57.0 Å². The minimum absolute atomic E-state index is 0.0204. The molecule has 3 aromatic heterocycles. The number of hydrogen-bond donors (Lipinski definition) is 0. The number of fused-ring (bicyclic) bond motifs is 3. The number of hydrogen-bond acceptors (Lipinski definition) is 6. The van der Waals surface area contributed by atoms with Gasteiger partial charge in [0.2, 0.25) is 0 Å². The van der Waals surface area contributed by atoms with Crippen LogP contribution in [0.2, 0.25) is 0 Å². The van der Waals surface area contributed by atoms with E-state index in [1.54, 1.807) is 33.9 Å². The van der Waals surface area contributed by atoms with E-state index in [9.17, 15) is 4.79 Å². The molecule has 4 aromatic rings. The Bertz CT molecular complexity index is 1250. The van der Waals surface area contributed by atoms with Crippen molar-refractivity contribution in [1.82, 2.24) is 14.5 Å². The van der Waals surface area contributed by atoms with Gasteiger partial charge < -0.3 is 4.74 Å². The fraction of sp³-hybridized carbons (Fsp3) is 0.261. The zero-order chi connectivity index (χ0) is 20.5. The van der Waals surface area contributed by atoms with Crippen molar-refractivity contribution in [2.24, 2.45) is 0 Å².